The number of rotatable bonds is 7. The van der Waals surface area contributed by atoms with Crippen LogP contribution in [0.1, 0.15) is 20.3 Å². The van der Waals surface area contributed by atoms with Crippen LogP contribution < -0.4 is 15.4 Å². The first-order valence-electron chi connectivity index (χ1n) is 6.76. The summed E-state index contributed by atoms with van der Waals surface area (Å²) in [7, 11) is -2.21. The summed E-state index contributed by atoms with van der Waals surface area (Å²) in [5, 5.41) is 8.74. The Hall–Kier alpha value is -1.78. The van der Waals surface area contributed by atoms with E-state index in [1.165, 1.54) is 13.1 Å². The molecule has 0 atom stereocenters. The predicted molar refractivity (Wildman–Crippen MR) is 84.4 cm³/mol. The molecular weight excluding hydrogens is 288 g/mol. The highest BCUT2D eigenvalue weighted by Gasteiger charge is 2.17. The fraction of sp³-hybridized carbons (Fsp3) is 0.500. The smallest absolute Gasteiger partial charge is 0.242 e. The van der Waals surface area contributed by atoms with Crippen LogP contribution in [0.15, 0.2) is 23.1 Å². The van der Waals surface area contributed by atoms with Gasteiger partial charge in [-0.25, -0.2) is 13.1 Å². The first-order valence-corrected chi connectivity index (χ1v) is 8.25. The van der Waals surface area contributed by atoms with Gasteiger partial charge in [-0.3, -0.25) is 0 Å². The van der Waals surface area contributed by atoms with Crippen LogP contribution in [0.25, 0.3) is 0 Å². The Morgan fingerprint density at radius 3 is 2.57 bits per heavy atom. The Labute approximate surface area is 126 Å². The van der Waals surface area contributed by atoms with Gasteiger partial charge in [0.05, 0.1) is 18.2 Å². The van der Waals surface area contributed by atoms with Gasteiger partial charge in [0, 0.05) is 18.8 Å². The molecule has 21 heavy (non-hydrogen) atoms. The Kier molecular flexibility index (Phi) is 6.00. The number of nitrogen functional groups attached to an aromatic ring is 1. The lowest BCUT2D eigenvalue weighted by molar-refractivity contribution is 0.588. The van der Waals surface area contributed by atoms with Crippen molar-refractivity contribution in [3.63, 3.8) is 0 Å². The summed E-state index contributed by atoms with van der Waals surface area (Å²) in [6, 6.07) is 6.98. The molecule has 7 heteroatoms. The predicted octanol–water partition coefficient (Wildman–Crippen LogP) is 1.55. The first kappa shape index (κ1) is 17.3. The molecule has 0 aliphatic heterocycles. The molecule has 0 amide bonds. The Balaban J connectivity index is 3.12. The van der Waals surface area contributed by atoms with Crippen LogP contribution in [0, 0.1) is 17.2 Å². The molecular formula is C14H22N4O2S. The van der Waals surface area contributed by atoms with Crippen molar-refractivity contribution >= 4 is 21.4 Å². The molecule has 0 aromatic heterocycles. The minimum Gasteiger partial charge on any atom is -0.398 e. The fourth-order valence-electron chi connectivity index (χ4n) is 2.04. The summed E-state index contributed by atoms with van der Waals surface area (Å²) in [5.74, 6) is 0.422. The van der Waals surface area contributed by atoms with Crippen molar-refractivity contribution in [1.82, 2.24) is 4.72 Å². The van der Waals surface area contributed by atoms with Crippen molar-refractivity contribution in [1.29, 1.82) is 5.26 Å². The third-order valence-electron chi connectivity index (χ3n) is 3.00. The molecule has 0 radical (unpaired) electrons. The second kappa shape index (κ2) is 7.29. The molecule has 3 N–H and O–H groups in total. The molecule has 1 aromatic rings. The minimum absolute atomic E-state index is 0.0681. The molecule has 0 unspecified atom stereocenters. The zero-order valence-corrected chi connectivity index (χ0v) is 13.4. The lowest BCUT2D eigenvalue weighted by atomic mass is 10.1. The summed E-state index contributed by atoms with van der Waals surface area (Å²) in [6.45, 7) is 5.54. The maximum atomic E-state index is 11.8. The Morgan fingerprint density at radius 2 is 2.10 bits per heavy atom. The highest BCUT2D eigenvalue weighted by molar-refractivity contribution is 7.89. The monoisotopic (exact) mass is 310 g/mol. The van der Waals surface area contributed by atoms with E-state index in [2.05, 4.69) is 24.6 Å². The molecule has 0 spiro atoms. The average molecular weight is 310 g/mol. The van der Waals surface area contributed by atoms with Crippen molar-refractivity contribution in [2.24, 2.45) is 5.92 Å². The lowest BCUT2D eigenvalue weighted by Crippen LogP contribution is -2.29. The average Bonchev–Trinajstić information content (AvgIpc) is 2.42. The molecule has 0 fully saturated rings. The lowest BCUT2D eigenvalue weighted by Gasteiger charge is -2.26. The topological polar surface area (TPSA) is 99.2 Å². The summed E-state index contributed by atoms with van der Waals surface area (Å²) in [6.07, 6.45) is 0.406. The SMILES string of the molecule is CNS(=O)(=O)c1ccc(N(CCC#N)CC(C)C)cc1N. The number of nitrogens with one attached hydrogen (secondary N) is 1. The van der Waals surface area contributed by atoms with E-state index in [9.17, 15) is 8.42 Å². The zero-order valence-electron chi connectivity index (χ0n) is 12.6. The number of anilines is 2. The van der Waals surface area contributed by atoms with Gasteiger partial charge in [-0.2, -0.15) is 5.26 Å². The molecule has 6 nitrogen and oxygen atoms in total. The number of hydrogen-bond acceptors (Lipinski definition) is 5. The summed E-state index contributed by atoms with van der Waals surface area (Å²) in [4.78, 5) is 2.11. The molecule has 0 aliphatic carbocycles. The molecule has 0 saturated carbocycles. The van der Waals surface area contributed by atoms with E-state index in [1.807, 2.05) is 4.90 Å². The molecule has 116 valence electrons. The van der Waals surface area contributed by atoms with Crippen LogP contribution in [-0.2, 0) is 10.0 Å². The largest absolute Gasteiger partial charge is 0.398 e. The number of hydrogen-bond donors (Lipinski definition) is 2. The maximum Gasteiger partial charge on any atom is 0.242 e. The van der Waals surface area contributed by atoms with Gasteiger partial charge in [-0.1, -0.05) is 13.8 Å². The first-order chi connectivity index (χ1) is 9.81. The molecule has 0 heterocycles. The van der Waals surface area contributed by atoms with E-state index in [-0.39, 0.29) is 10.6 Å². The van der Waals surface area contributed by atoms with Crippen molar-refractivity contribution in [3.8, 4) is 6.07 Å². The van der Waals surface area contributed by atoms with Gasteiger partial charge >= 0.3 is 0 Å². The van der Waals surface area contributed by atoms with Gasteiger partial charge in [0.1, 0.15) is 4.90 Å². The number of nitriles is 1. The van der Waals surface area contributed by atoms with Crippen LogP contribution in [0.4, 0.5) is 11.4 Å². The van der Waals surface area contributed by atoms with Crippen LogP contribution in [0.3, 0.4) is 0 Å². The Bertz CT molecular complexity index is 620. The second-order valence-electron chi connectivity index (χ2n) is 5.18. The van der Waals surface area contributed by atoms with E-state index >= 15 is 0 Å². The van der Waals surface area contributed by atoms with Crippen LogP contribution >= 0.6 is 0 Å². The zero-order chi connectivity index (χ0) is 16.0. The molecule has 0 aliphatic rings. The second-order valence-corrected chi connectivity index (χ2v) is 7.03. The van der Waals surface area contributed by atoms with Crippen LogP contribution in [-0.4, -0.2) is 28.6 Å². The number of nitrogens with two attached hydrogens (primary N) is 1. The molecule has 1 aromatic carbocycles. The third-order valence-corrected chi connectivity index (χ3v) is 4.48. The fourth-order valence-corrected chi connectivity index (χ4v) is 2.88. The van der Waals surface area contributed by atoms with E-state index in [0.29, 0.717) is 18.9 Å². The standard InChI is InChI=1S/C14H22N4O2S/c1-11(2)10-18(8-4-7-15)12-5-6-14(13(16)9-12)21(19,20)17-3/h5-6,9,11,17H,4,8,10,16H2,1-3H3. The minimum atomic E-state index is -3.56. The number of nitrogens with zero attached hydrogens (tertiary/aromatic N) is 2. The van der Waals surface area contributed by atoms with E-state index in [0.717, 1.165) is 12.2 Å². The quantitative estimate of drug-likeness (QED) is 0.744. The Morgan fingerprint density at radius 1 is 1.43 bits per heavy atom. The van der Waals surface area contributed by atoms with Gasteiger partial charge < -0.3 is 10.6 Å². The van der Waals surface area contributed by atoms with Crippen molar-refractivity contribution in [2.45, 2.75) is 25.2 Å². The number of benzene rings is 1. The molecule has 0 bridgehead atoms. The normalized spacial score (nSPS) is 11.4. The summed E-state index contributed by atoms with van der Waals surface area (Å²) < 4.78 is 25.9. The maximum absolute atomic E-state index is 11.8. The van der Waals surface area contributed by atoms with Gasteiger partial charge in [0.25, 0.3) is 0 Å². The van der Waals surface area contributed by atoms with Crippen molar-refractivity contribution in [2.75, 3.05) is 30.8 Å². The summed E-state index contributed by atoms with van der Waals surface area (Å²) >= 11 is 0. The molecule has 1 rings (SSSR count). The van der Waals surface area contributed by atoms with E-state index in [4.69, 9.17) is 11.0 Å². The van der Waals surface area contributed by atoms with Crippen LogP contribution in [0.2, 0.25) is 0 Å². The van der Waals surface area contributed by atoms with E-state index < -0.39 is 10.0 Å². The van der Waals surface area contributed by atoms with Crippen molar-refractivity contribution in [3.05, 3.63) is 18.2 Å². The van der Waals surface area contributed by atoms with Gasteiger partial charge in [-0.15, -0.1) is 0 Å². The highest BCUT2D eigenvalue weighted by atomic mass is 32.2. The molecule has 0 saturated heterocycles. The summed E-state index contributed by atoms with van der Waals surface area (Å²) in [5.41, 5.74) is 6.90. The third kappa shape index (κ3) is 4.62. The van der Waals surface area contributed by atoms with Crippen molar-refractivity contribution < 1.29 is 8.42 Å². The highest BCUT2D eigenvalue weighted by Crippen LogP contribution is 2.25. The van der Waals surface area contributed by atoms with Gasteiger partial charge in [0.2, 0.25) is 10.0 Å². The van der Waals surface area contributed by atoms with Gasteiger partial charge in [-0.05, 0) is 31.2 Å². The number of sulfonamides is 1. The van der Waals surface area contributed by atoms with Crippen LogP contribution in [0.5, 0.6) is 0 Å². The van der Waals surface area contributed by atoms with Gasteiger partial charge in [0.15, 0.2) is 0 Å². The van der Waals surface area contributed by atoms with E-state index in [1.54, 1.807) is 12.1 Å².